The third-order valence-corrected chi connectivity index (χ3v) is 4.21. The molecule has 0 aromatic heterocycles. The molecule has 0 radical (unpaired) electrons. The molecule has 114 valence electrons. The fraction of sp³-hybridized carbons (Fsp3) is 0.312. The molecule has 0 aromatic carbocycles. The molecular formula is C16H14O6. The molecule has 1 heterocycles. The molecule has 2 aliphatic carbocycles. The third kappa shape index (κ3) is 1.80. The molecule has 0 bridgehead atoms. The van der Waals surface area contributed by atoms with Gasteiger partial charge >= 0.3 is 5.97 Å². The van der Waals surface area contributed by atoms with Crippen LogP contribution >= 0.6 is 0 Å². The monoisotopic (exact) mass is 302 g/mol. The van der Waals surface area contributed by atoms with Crippen LogP contribution in [0.5, 0.6) is 0 Å². The number of allylic oxidation sites excluding steroid dienone is 6. The number of aliphatic carboxylic acids is 1. The van der Waals surface area contributed by atoms with Gasteiger partial charge in [-0.3, -0.25) is 9.59 Å². The number of methoxy groups -OCH3 is 1. The van der Waals surface area contributed by atoms with E-state index in [1.54, 1.807) is 19.1 Å². The van der Waals surface area contributed by atoms with Crippen molar-refractivity contribution in [2.45, 2.75) is 19.6 Å². The Labute approximate surface area is 126 Å². The van der Waals surface area contributed by atoms with E-state index in [-0.39, 0.29) is 22.7 Å². The van der Waals surface area contributed by atoms with Crippen molar-refractivity contribution in [1.29, 1.82) is 0 Å². The molecule has 2 atom stereocenters. The second kappa shape index (κ2) is 4.78. The molecule has 0 spiro atoms. The highest BCUT2D eigenvalue weighted by Crippen LogP contribution is 2.46. The number of fused-ring (bicyclic) bond motifs is 1. The summed E-state index contributed by atoms with van der Waals surface area (Å²) in [5, 5.41) is 9.10. The van der Waals surface area contributed by atoms with E-state index in [2.05, 4.69) is 0 Å². The summed E-state index contributed by atoms with van der Waals surface area (Å²) in [7, 11) is 1.29. The second-order valence-corrected chi connectivity index (χ2v) is 5.53. The number of Topliss-reactive ketones (excluding diaryl/α,β-unsaturated/α-hetero) is 2. The third-order valence-electron chi connectivity index (χ3n) is 4.21. The van der Waals surface area contributed by atoms with Gasteiger partial charge in [-0.1, -0.05) is 18.2 Å². The summed E-state index contributed by atoms with van der Waals surface area (Å²) in [4.78, 5) is 36.8. The first kappa shape index (κ1) is 14.5. The van der Waals surface area contributed by atoms with Crippen LogP contribution in [0.25, 0.3) is 0 Å². The predicted molar refractivity (Wildman–Crippen MR) is 74.6 cm³/mol. The zero-order chi connectivity index (χ0) is 16.1. The van der Waals surface area contributed by atoms with E-state index < -0.39 is 23.4 Å². The average molecular weight is 302 g/mol. The zero-order valence-electron chi connectivity index (χ0n) is 12.1. The maximum atomic E-state index is 12.9. The minimum Gasteiger partial charge on any atom is -0.475 e. The van der Waals surface area contributed by atoms with Crippen molar-refractivity contribution in [3.05, 3.63) is 46.8 Å². The van der Waals surface area contributed by atoms with Crippen LogP contribution in [0.15, 0.2) is 46.8 Å². The van der Waals surface area contributed by atoms with E-state index in [1.165, 1.54) is 7.11 Å². The minimum absolute atomic E-state index is 0.0652. The molecular weight excluding hydrogens is 288 g/mol. The Morgan fingerprint density at radius 2 is 2.18 bits per heavy atom. The summed E-state index contributed by atoms with van der Waals surface area (Å²) in [6, 6.07) is 0. The Bertz CT molecular complexity index is 721. The largest absolute Gasteiger partial charge is 0.475 e. The summed E-state index contributed by atoms with van der Waals surface area (Å²) in [6.07, 6.45) is 5.49. The highest BCUT2D eigenvalue weighted by Gasteiger charge is 2.51. The number of carboxylic acids is 1. The SMILES string of the molecule is COC1OC(C(=O)O)=CC2=C1C(=O)C1=CC=CCC1(C)C2=O. The van der Waals surface area contributed by atoms with Crippen LogP contribution in [-0.2, 0) is 23.9 Å². The molecule has 6 nitrogen and oxygen atoms in total. The molecule has 0 saturated heterocycles. The van der Waals surface area contributed by atoms with Crippen LogP contribution < -0.4 is 0 Å². The number of hydrogen-bond donors (Lipinski definition) is 1. The van der Waals surface area contributed by atoms with Gasteiger partial charge in [0, 0.05) is 18.3 Å². The number of hydrogen-bond acceptors (Lipinski definition) is 5. The number of ketones is 2. The number of carbonyl (C=O) groups excluding carboxylic acids is 2. The Hall–Kier alpha value is -2.47. The summed E-state index contributed by atoms with van der Waals surface area (Å²) in [5.41, 5.74) is -0.455. The van der Waals surface area contributed by atoms with Crippen LogP contribution in [-0.4, -0.2) is 36.0 Å². The van der Waals surface area contributed by atoms with E-state index in [0.717, 1.165) is 6.08 Å². The van der Waals surface area contributed by atoms with E-state index >= 15 is 0 Å². The van der Waals surface area contributed by atoms with Crippen LogP contribution in [0.3, 0.4) is 0 Å². The first-order valence-electron chi connectivity index (χ1n) is 6.75. The highest BCUT2D eigenvalue weighted by atomic mass is 16.7. The molecule has 1 aliphatic heterocycles. The average Bonchev–Trinajstić information content (AvgIpc) is 2.51. The molecule has 22 heavy (non-hydrogen) atoms. The van der Waals surface area contributed by atoms with Crippen LogP contribution in [0.1, 0.15) is 13.3 Å². The molecule has 0 amide bonds. The van der Waals surface area contributed by atoms with Crippen molar-refractivity contribution in [2.24, 2.45) is 5.41 Å². The van der Waals surface area contributed by atoms with Crippen molar-refractivity contribution < 1.29 is 29.0 Å². The zero-order valence-corrected chi connectivity index (χ0v) is 12.1. The van der Waals surface area contributed by atoms with E-state index in [9.17, 15) is 14.4 Å². The van der Waals surface area contributed by atoms with Crippen molar-refractivity contribution in [2.75, 3.05) is 7.11 Å². The molecule has 0 aromatic rings. The normalized spacial score (nSPS) is 30.2. The van der Waals surface area contributed by atoms with Gasteiger partial charge in [-0.2, -0.15) is 0 Å². The molecule has 2 unspecified atom stereocenters. The lowest BCUT2D eigenvalue weighted by Crippen LogP contribution is -2.45. The molecule has 6 heteroatoms. The van der Waals surface area contributed by atoms with Gasteiger partial charge in [0.25, 0.3) is 0 Å². The van der Waals surface area contributed by atoms with Gasteiger partial charge < -0.3 is 14.6 Å². The first-order valence-corrected chi connectivity index (χ1v) is 6.75. The summed E-state index contributed by atoms with van der Waals surface area (Å²) in [6.45, 7) is 1.69. The number of carboxylic acid groups (broad SMARTS) is 1. The summed E-state index contributed by atoms with van der Waals surface area (Å²) in [5.74, 6) is -2.35. The second-order valence-electron chi connectivity index (χ2n) is 5.53. The maximum absolute atomic E-state index is 12.9. The fourth-order valence-corrected chi connectivity index (χ4v) is 2.98. The van der Waals surface area contributed by atoms with Crippen molar-refractivity contribution >= 4 is 17.5 Å². The Balaban J connectivity index is 2.23. The van der Waals surface area contributed by atoms with Gasteiger partial charge in [-0.15, -0.1) is 0 Å². The van der Waals surface area contributed by atoms with Crippen molar-refractivity contribution in [3.8, 4) is 0 Å². The van der Waals surface area contributed by atoms with Gasteiger partial charge in [-0.25, -0.2) is 4.79 Å². The van der Waals surface area contributed by atoms with Crippen LogP contribution in [0, 0.1) is 5.41 Å². The smallest absolute Gasteiger partial charge is 0.371 e. The van der Waals surface area contributed by atoms with Crippen LogP contribution in [0.2, 0.25) is 0 Å². The minimum atomic E-state index is -1.32. The molecule has 3 rings (SSSR count). The fourth-order valence-electron chi connectivity index (χ4n) is 2.98. The lowest BCUT2D eigenvalue weighted by Gasteiger charge is -2.39. The highest BCUT2D eigenvalue weighted by molar-refractivity contribution is 6.25. The number of ether oxygens (including phenoxy) is 2. The summed E-state index contributed by atoms with van der Waals surface area (Å²) >= 11 is 0. The van der Waals surface area contributed by atoms with E-state index in [1.807, 2.05) is 6.08 Å². The van der Waals surface area contributed by atoms with Gasteiger partial charge in [-0.05, 0) is 19.4 Å². The molecule has 0 saturated carbocycles. The quantitative estimate of drug-likeness (QED) is 0.827. The Morgan fingerprint density at radius 3 is 2.82 bits per heavy atom. The van der Waals surface area contributed by atoms with E-state index in [4.69, 9.17) is 14.6 Å². The number of carbonyl (C=O) groups is 3. The predicted octanol–water partition coefficient (Wildman–Crippen LogP) is 1.30. The molecule has 0 fully saturated rings. The van der Waals surface area contributed by atoms with Gasteiger partial charge in [0.1, 0.15) is 0 Å². The standard InChI is InChI=1S/C16H14O6/c1-16-6-4-3-5-9(16)12(17)11-8(13(16)18)7-10(14(19)20)22-15(11)21-2/h3-5,7,15H,6H2,1-2H3,(H,19,20). The Morgan fingerprint density at radius 1 is 1.45 bits per heavy atom. The molecule has 3 aliphatic rings. The van der Waals surface area contributed by atoms with Gasteiger partial charge in [0.2, 0.25) is 12.0 Å². The van der Waals surface area contributed by atoms with Crippen molar-refractivity contribution in [1.82, 2.24) is 0 Å². The summed E-state index contributed by atoms with van der Waals surface area (Å²) < 4.78 is 10.2. The van der Waals surface area contributed by atoms with E-state index in [0.29, 0.717) is 12.0 Å². The molecule has 1 N–H and O–H groups in total. The van der Waals surface area contributed by atoms with Gasteiger partial charge in [0.05, 0.1) is 11.0 Å². The lowest BCUT2D eigenvalue weighted by atomic mass is 9.64. The topological polar surface area (TPSA) is 89.9 Å². The first-order chi connectivity index (χ1) is 10.4. The number of rotatable bonds is 2. The van der Waals surface area contributed by atoms with Crippen molar-refractivity contribution in [3.63, 3.8) is 0 Å². The maximum Gasteiger partial charge on any atom is 0.371 e. The Kier molecular flexibility index (Phi) is 3.14. The van der Waals surface area contributed by atoms with Crippen LogP contribution in [0.4, 0.5) is 0 Å². The van der Waals surface area contributed by atoms with Gasteiger partial charge in [0.15, 0.2) is 11.6 Å². The lowest BCUT2D eigenvalue weighted by molar-refractivity contribution is -0.146.